The van der Waals surface area contributed by atoms with Crippen molar-refractivity contribution in [3.8, 4) is 22.6 Å². The molecule has 2 aromatic heterocycles. The Hall–Kier alpha value is -3.13. The number of fused-ring (bicyclic) bond motifs is 2. The minimum Gasteiger partial charge on any atom is -0.487 e. The van der Waals surface area contributed by atoms with E-state index in [1.807, 2.05) is 28.5 Å². The zero-order valence-corrected chi connectivity index (χ0v) is 20.8. The fraction of sp³-hybridized carbons (Fsp3) is 0.250. The predicted octanol–water partition coefficient (Wildman–Crippen LogP) is 6.23. The number of nitrogens with zero attached hydrogens (tertiary/aromatic N) is 1. The van der Waals surface area contributed by atoms with Crippen LogP contribution in [0.5, 0.6) is 11.5 Å². The lowest BCUT2D eigenvalue weighted by atomic mass is 10.0. The van der Waals surface area contributed by atoms with E-state index in [0.29, 0.717) is 32.9 Å². The molecule has 0 saturated carbocycles. The summed E-state index contributed by atoms with van der Waals surface area (Å²) in [5.74, 6) is 1.44. The third-order valence-corrected chi connectivity index (χ3v) is 8.12. The number of carbonyl (C=O) groups excluding carboxylic acids is 1. The van der Waals surface area contributed by atoms with E-state index < -0.39 is 0 Å². The van der Waals surface area contributed by atoms with E-state index in [1.54, 1.807) is 28.7 Å². The first kappa shape index (κ1) is 22.3. The molecule has 1 saturated heterocycles. The van der Waals surface area contributed by atoms with Gasteiger partial charge in [-0.2, -0.15) is 0 Å². The van der Waals surface area contributed by atoms with E-state index in [0.717, 1.165) is 33.9 Å². The number of hydrogen-bond donors (Lipinski definition) is 0. The number of hydrogen-bond acceptors (Lipinski definition) is 6. The first-order valence-electron chi connectivity index (χ1n) is 11.8. The van der Waals surface area contributed by atoms with Crippen molar-refractivity contribution < 1.29 is 19.0 Å². The van der Waals surface area contributed by atoms with Gasteiger partial charge in [0.25, 0.3) is 0 Å². The van der Waals surface area contributed by atoms with Crippen molar-refractivity contribution in [1.82, 2.24) is 4.90 Å². The molecule has 7 heteroatoms. The molecule has 4 aromatic rings. The van der Waals surface area contributed by atoms with Crippen LogP contribution in [-0.4, -0.2) is 43.3 Å². The summed E-state index contributed by atoms with van der Waals surface area (Å²) in [7, 11) is 0. The lowest BCUT2D eigenvalue weighted by Gasteiger charge is -2.20. The van der Waals surface area contributed by atoms with Crippen LogP contribution in [0.2, 0.25) is 0 Å². The third kappa shape index (κ3) is 4.72. The second-order valence-corrected chi connectivity index (χ2v) is 10.6. The van der Waals surface area contributed by atoms with Gasteiger partial charge in [0, 0.05) is 45.1 Å². The molecule has 0 radical (unpaired) electrons. The van der Waals surface area contributed by atoms with Gasteiger partial charge in [0.2, 0.25) is 5.91 Å². The standard InChI is InChI=1S/C28H25NO4S2/c30-27(8-7-22-4-3-13-34-22)29-10-12-32-28-20(16-29)14-19(15-25(28)33-21-9-11-31-17-21)24-18-35-26-6-2-1-5-23(24)26/h1-8,13-15,18,21H,9-12,16-17H2/b8-7+. The highest BCUT2D eigenvalue weighted by atomic mass is 32.1. The summed E-state index contributed by atoms with van der Waals surface area (Å²) in [6.07, 6.45) is 4.40. The molecule has 2 aliphatic heterocycles. The second-order valence-electron chi connectivity index (χ2n) is 8.67. The van der Waals surface area contributed by atoms with E-state index in [1.165, 1.54) is 15.6 Å². The molecule has 2 aromatic carbocycles. The number of carbonyl (C=O) groups is 1. The molecule has 4 heterocycles. The van der Waals surface area contributed by atoms with Crippen LogP contribution in [-0.2, 0) is 16.1 Å². The monoisotopic (exact) mass is 503 g/mol. The highest BCUT2D eigenvalue weighted by Gasteiger charge is 2.26. The SMILES string of the molecule is O=C(/C=C/c1cccs1)N1CCOc2c(cc(-c3csc4ccccc34)cc2OC2CCOC2)C1. The average Bonchev–Trinajstić information content (AvgIpc) is 3.63. The molecule has 2 aliphatic rings. The molecule has 0 spiro atoms. The Labute approximate surface area is 212 Å². The Morgan fingerprint density at radius 2 is 2.06 bits per heavy atom. The number of benzene rings is 2. The van der Waals surface area contributed by atoms with Crippen LogP contribution in [0.4, 0.5) is 0 Å². The number of rotatable bonds is 5. The molecule has 178 valence electrons. The van der Waals surface area contributed by atoms with E-state index >= 15 is 0 Å². The van der Waals surface area contributed by atoms with Crippen LogP contribution >= 0.6 is 22.7 Å². The van der Waals surface area contributed by atoms with Crippen molar-refractivity contribution in [2.75, 3.05) is 26.4 Å². The van der Waals surface area contributed by atoms with E-state index in [2.05, 4.69) is 41.8 Å². The molecule has 0 aliphatic carbocycles. The van der Waals surface area contributed by atoms with Crippen molar-refractivity contribution in [3.05, 3.63) is 75.8 Å². The zero-order chi connectivity index (χ0) is 23.6. The number of amides is 1. The molecule has 1 amide bonds. The van der Waals surface area contributed by atoms with Crippen LogP contribution in [0.3, 0.4) is 0 Å². The Morgan fingerprint density at radius 3 is 2.91 bits per heavy atom. The quantitative estimate of drug-likeness (QED) is 0.303. The van der Waals surface area contributed by atoms with Gasteiger partial charge in [-0.1, -0.05) is 24.3 Å². The molecular formula is C28H25NO4S2. The third-order valence-electron chi connectivity index (χ3n) is 6.32. The van der Waals surface area contributed by atoms with Gasteiger partial charge in [-0.3, -0.25) is 4.79 Å². The molecule has 35 heavy (non-hydrogen) atoms. The highest BCUT2D eigenvalue weighted by Crippen LogP contribution is 2.42. The largest absolute Gasteiger partial charge is 0.487 e. The van der Waals surface area contributed by atoms with E-state index in [4.69, 9.17) is 14.2 Å². The van der Waals surface area contributed by atoms with Crippen LogP contribution in [0, 0.1) is 0 Å². The van der Waals surface area contributed by atoms with E-state index in [9.17, 15) is 4.79 Å². The second kappa shape index (κ2) is 9.85. The highest BCUT2D eigenvalue weighted by molar-refractivity contribution is 7.17. The summed E-state index contributed by atoms with van der Waals surface area (Å²) in [6.45, 7) is 2.70. The fourth-order valence-corrected chi connectivity index (χ4v) is 6.13. The summed E-state index contributed by atoms with van der Waals surface area (Å²) >= 11 is 3.35. The molecule has 1 atom stereocenters. The lowest BCUT2D eigenvalue weighted by Crippen LogP contribution is -2.30. The number of thiophene rings is 2. The summed E-state index contributed by atoms with van der Waals surface area (Å²) in [4.78, 5) is 16.0. The minimum absolute atomic E-state index is 0.00638. The summed E-state index contributed by atoms with van der Waals surface area (Å²) < 4.78 is 19.4. The smallest absolute Gasteiger partial charge is 0.247 e. The van der Waals surface area contributed by atoms with Crippen molar-refractivity contribution in [3.63, 3.8) is 0 Å². The fourth-order valence-electron chi connectivity index (χ4n) is 4.55. The number of ether oxygens (including phenoxy) is 3. The maximum atomic E-state index is 13.0. The Morgan fingerprint density at radius 1 is 1.11 bits per heavy atom. The lowest BCUT2D eigenvalue weighted by molar-refractivity contribution is -0.126. The first-order valence-corrected chi connectivity index (χ1v) is 13.5. The van der Waals surface area contributed by atoms with Gasteiger partial charge in [-0.15, -0.1) is 22.7 Å². The Bertz CT molecular complexity index is 1370. The Kier molecular flexibility index (Phi) is 6.29. The van der Waals surface area contributed by atoms with Gasteiger partial charge in [-0.25, -0.2) is 0 Å². The Balaban J connectivity index is 1.37. The van der Waals surface area contributed by atoms with Gasteiger partial charge in [0.1, 0.15) is 12.7 Å². The normalized spacial score (nSPS) is 17.9. The maximum absolute atomic E-state index is 13.0. The van der Waals surface area contributed by atoms with Crippen molar-refractivity contribution in [2.24, 2.45) is 0 Å². The maximum Gasteiger partial charge on any atom is 0.247 e. The van der Waals surface area contributed by atoms with Crippen LogP contribution in [0.1, 0.15) is 16.9 Å². The molecular weight excluding hydrogens is 478 g/mol. The molecule has 1 fully saturated rings. The van der Waals surface area contributed by atoms with E-state index in [-0.39, 0.29) is 12.0 Å². The molecule has 0 bridgehead atoms. The van der Waals surface area contributed by atoms with Crippen molar-refractivity contribution >= 4 is 44.7 Å². The van der Waals surface area contributed by atoms with Crippen LogP contribution in [0.15, 0.2) is 65.4 Å². The predicted molar refractivity (Wildman–Crippen MR) is 141 cm³/mol. The van der Waals surface area contributed by atoms with Crippen molar-refractivity contribution in [2.45, 2.75) is 19.1 Å². The molecule has 1 unspecified atom stereocenters. The van der Waals surface area contributed by atoms with Gasteiger partial charge >= 0.3 is 0 Å². The van der Waals surface area contributed by atoms with Gasteiger partial charge in [-0.05, 0) is 46.7 Å². The van der Waals surface area contributed by atoms with Crippen LogP contribution < -0.4 is 9.47 Å². The van der Waals surface area contributed by atoms with Gasteiger partial charge in [0.15, 0.2) is 11.5 Å². The molecule has 0 N–H and O–H groups in total. The zero-order valence-electron chi connectivity index (χ0n) is 19.1. The van der Waals surface area contributed by atoms with Gasteiger partial charge < -0.3 is 19.1 Å². The van der Waals surface area contributed by atoms with Crippen LogP contribution in [0.25, 0.3) is 27.3 Å². The molecule has 5 nitrogen and oxygen atoms in total. The summed E-state index contributed by atoms with van der Waals surface area (Å²) in [5, 5.41) is 5.42. The summed E-state index contributed by atoms with van der Waals surface area (Å²) in [6, 6.07) is 16.6. The topological polar surface area (TPSA) is 48.0 Å². The molecule has 6 rings (SSSR count). The first-order chi connectivity index (χ1) is 17.2. The van der Waals surface area contributed by atoms with Crippen molar-refractivity contribution in [1.29, 1.82) is 0 Å². The minimum atomic E-state index is -0.0205. The van der Waals surface area contributed by atoms with Gasteiger partial charge in [0.05, 0.1) is 19.8 Å². The summed E-state index contributed by atoms with van der Waals surface area (Å²) in [5.41, 5.74) is 3.20. The average molecular weight is 504 g/mol.